The van der Waals surface area contributed by atoms with Crippen LogP contribution in [0, 0.1) is 13.8 Å². The zero-order valence-corrected chi connectivity index (χ0v) is 42.2. The highest BCUT2D eigenvalue weighted by Gasteiger charge is 2.29. The Morgan fingerprint density at radius 2 is 0.914 bits per heavy atom. The van der Waals surface area contributed by atoms with Crippen molar-refractivity contribution >= 4 is 49.4 Å². The molecule has 9 heteroatoms. The molecule has 0 fully saturated rings. The van der Waals surface area contributed by atoms with Crippen LogP contribution in [-0.4, -0.2) is 39.7 Å². The molecule has 0 bridgehead atoms. The summed E-state index contributed by atoms with van der Waals surface area (Å²) in [5.41, 5.74) is 14.1. The van der Waals surface area contributed by atoms with Gasteiger partial charge in [-0.05, 0) is 158 Å². The quantitative estimate of drug-likeness (QED) is 0.0954. The summed E-state index contributed by atoms with van der Waals surface area (Å²) >= 11 is 0. The number of ketones is 1. The standard InChI is InChI=1S/C61H64N2O7/c1-11-62-55-21-13-41(27-43-15-19-47(25-37(43)3)65-33-49-35-67-60(7,8)69-49)29-51(55)53-31-45(17-23-57(53)62)39(5)59(64)40(6)46-18-24-58-54(32-46)52-30-42(14-22-56(52)63(58)12-2)28-44-16-20-48(26-38(44)4)66-34-50-36-68-61(9,10)70-50/h13-26,29-32,35-36,39-40H,11-12,27-28,33-34H2,1-10H3. The highest BCUT2D eigenvalue weighted by Crippen LogP contribution is 2.38. The highest BCUT2D eigenvalue weighted by molar-refractivity contribution is 6.10. The second kappa shape index (κ2) is 18.3. The van der Waals surface area contributed by atoms with E-state index in [0.29, 0.717) is 24.7 Å². The third kappa shape index (κ3) is 9.10. The smallest absolute Gasteiger partial charge is 0.244 e. The lowest BCUT2D eigenvalue weighted by Crippen LogP contribution is -2.21. The van der Waals surface area contributed by atoms with Crippen LogP contribution in [0.3, 0.4) is 0 Å². The van der Waals surface area contributed by atoms with E-state index in [1.54, 1.807) is 12.5 Å². The van der Waals surface area contributed by atoms with Gasteiger partial charge in [0.25, 0.3) is 0 Å². The number of Topliss-reactive ketones (excluding diaryl/α,β-unsaturated/α-hetero) is 1. The number of aromatic nitrogens is 2. The van der Waals surface area contributed by atoms with Crippen LogP contribution >= 0.6 is 0 Å². The lowest BCUT2D eigenvalue weighted by molar-refractivity contribution is -0.121. The second-order valence-electron chi connectivity index (χ2n) is 20.1. The maximum Gasteiger partial charge on any atom is 0.244 e. The van der Waals surface area contributed by atoms with E-state index in [1.807, 2.05) is 39.8 Å². The van der Waals surface area contributed by atoms with Crippen molar-refractivity contribution in [2.24, 2.45) is 0 Å². The van der Waals surface area contributed by atoms with Crippen LogP contribution in [0.25, 0.3) is 43.6 Å². The molecule has 8 aromatic rings. The predicted octanol–water partition coefficient (Wildman–Crippen LogP) is 14.2. The van der Waals surface area contributed by atoms with E-state index >= 15 is 0 Å². The molecule has 2 unspecified atom stereocenters. The molecule has 0 saturated carbocycles. The molecular formula is C61H64N2O7. The van der Waals surface area contributed by atoms with Crippen LogP contribution in [-0.2, 0) is 49.7 Å². The van der Waals surface area contributed by atoms with Crippen molar-refractivity contribution in [3.05, 3.63) is 178 Å². The molecule has 0 saturated heterocycles. The summed E-state index contributed by atoms with van der Waals surface area (Å²) in [6, 6.07) is 39.4. The van der Waals surface area contributed by atoms with E-state index < -0.39 is 11.6 Å². The predicted molar refractivity (Wildman–Crippen MR) is 280 cm³/mol. The monoisotopic (exact) mass is 936 g/mol. The fraction of sp³-hybridized carbons (Fsp3) is 0.328. The van der Waals surface area contributed by atoms with Gasteiger partial charge in [0.15, 0.2) is 11.5 Å². The van der Waals surface area contributed by atoms with E-state index in [0.717, 1.165) is 48.6 Å². The Hall–Kier alpha value is -7.13. The summed E-state index contributed by atoms with van der Waals surface area (Å²) in [5.74, 6) is 1.24. The first-order valence-electron chi connectivity index (χ1n) is 24.8. The van der Waals surface area contributed by atoms with Gasteiger partial charge in [-0.1, -0.05) is 50.2 Å². The third-order valence-corrected chi connectivity index (χ3v) is 14.3. The number of hydrogen-bond donors (Lipinski definition) is 0. The summed E-state index contributed by atoms with van der Waals surface area (Å²) in [5, 5.41) is 4.77. The minimum Gasteiger partial charge on any atom is -0.486 e. The molecule has 4 heterocycles. The van der Waals surface area contributed by atoms with Gasteiger partial charge in [0.2, 0.25) is 11.6 Å². The number of rotatable bonds is 16. The van der Waals surface area contributed by atoms with Crippen LogP contribution < -0.4 is 9.47 Å². The van der Waals surface area contributed by atoms with Crippen LogP contribution in [0.2, 0.25) is 0 Å². The molecule has 10 rings (SSSR count). The summed E-state index contributed by atoms with van der Waals surface area (Å²) in [6.07, 6.45) is 4.84. The molecule has 0 N–H and O–H groups in total. The van der Waals surface area contributed by atoms with Crippen molar-refractivity contribution in [3.8, 4) is 11.5 Å². The van der Waals surface area contributed by atoms with Crippen molar-refractivity contribution in [1.29, 1.82) is 0 Å². The topological polar surface area (TPSA) is 82.3 Å². The van der Waals surface area contributed by atoms with Gasteiger partial charge in [-0.15, -0.1) is 0 Å². The second-order valence-corrected chi connectivity index (χ2v) is 20.1. The van der Waals surface area contributed by atoms with Gasteiger partial charge in [-0.25, -0.2) is 0 Å². The van der Waals surface area contributed by atoms with Gasteiger partial charge in [0.1, 0.15) is 43.0 Å². The Labute approximate surface area is 411 Å². The summed E-state index contributed by atoms with van der Waals surface area (Å²) in [6.45, 7) is 22.6. The van der Waals surface area contributed by atoms with E-state index in [2.05, 4.69) is 148 Å². The molecule has 6 aromatic carbocycles. The van der Waals surface area contributed by atoms with E-state index in [-0.39, 0.29) is 17.6 Å². The summed E-state index contributed by atoms with van der Waals surface area (Å²) < 4.78 is 39.5. The number of fused-ring (bicyclic) bond motifs is 6. The Morgan fingerprint density at radius 1 is 0.529 bits per heavy atom. The van der Waals surface area contributed by atoms with Crippen molar-refractivity contribution < 1.29 is 33.2 Å². The lowest BCUT2D eigenvalue weighted by Gasteiger charge is -2.18. The molecule has 2 aromatic heterocycles. The Kier molecular flexibility index (Phi) is 12.2. The van der Waals surface area contributed by atoms with Gasteiger partial charge in [-0.2, -0.15) is 0 Å². The Bertz CT molecular complexity index is 3180. The fourth-order valence-corrected chi connectivity index (χ4v) is 10.4. The first-order chi connectivity index (χ1) is 33.6. The highest BCUT2D eigenvalue weighted by atomic mass is 16.7. The number of aryl methyl sites for hydroxylation is 4. The molecule has 9 nitrogen and oxygen atoms in total. The van der Waals surface area contributed by atoms with Gasteiger partial charge >= 0.3 is 0 Å². The van der Waals surface area contributed by atoms with Crippen molar-refractivity contribution in [1.82, 2.24) is 9.13 Å². The Balaban J connectivity index is 0.868. The van der Waals surface area contributed by atoms with Gasteiger partial charge in [0, 0.05) is 96.2 Å². The molecule has 2 atom stereocenters. The number of benzene rings is 6. The van der Waals surface area contributed by atoms with E-state index in [1.165, 1.54) is 77.0 Å². The van der Waals surface area contributed by atoms with Crippen molar-refractivity contribution in [2.75, 3.05) is 13.2 Å². The molecule has 2 aliphatic rings. The molecule has 0 spiro atoms. The van der Waals surface area contributed by atoms with Crippen LogP contribution in [0.15, 0.2) is 133 Å². The minimum atomic E-state index is -0.659. The van der Waals surface area contributed by atoms with Crippen LogP contribution in [0.4, 0.5) is 0 Å². The van der Waals surface area contributed by atoms with Crippen molar-refractivity contribution in [3.63, 3.8) is 0 Å². The average Bonchev–Trinajstić information content (AvgIpc) is 4.08. The molecule has 0 aliphatic carbocycles. The number of carbonyl (C=O) groups is 1. The summed E-state index contributed by atoms with van der Waals surface area (Å²) in [7, 11) is 0. The molecule has 360 valence electrons. The maximum absolute atomic E-state index is 14.6. The molecule has 0 radical (unpaired) electrons. The molecular weight excluding hydrogens is 873 g/mol. The van der Waals surface area contributed by atoms with Gasteiger partial charge < -0.3 is 37.6 Å². The number of hydrogen-bond acceptors (Lipinski definition) is 7. The van der Waals surface area contributed by atoms with E-state index in [9.17, 15) is 4.79 Å². The van der Waals surface area contributed by atoms with Crippen LogP contribution in [0.1, 0.15) is 112 Å². The fourth-order valence-electron chi connectivity index (χ4n) is 10.4. The first kappa shape index (κ1) is 46.6. The van der Waals surface area contributed by atoms with Crippen molar-refractivity contribution in [2.45, 2.75) is 119 Å². The SMILES string of the molecule is CCn1c2ccc(Cc3ccc(OCC4=COC(C)(C)O4)cc3C)cc2c2cc(C(C)C(=O)C(C)c3ccc4c(c3)c3cc(Cc5ccc(OCC6=COC(C)(C)O6)cc5C)ccc3n4CC)ccc21. The molecule has 2 aliphatic heterocycles. The number of ether oxygens (including phenoxy) is 6. The molecule has 70 heavy (non-hydrogen) atoms. The van der Waals surface area contributed by atoms with E-state index in [4.69, 9.17) is 28.4 Å². The zero-order valence-electron chi connectivity index (χ0n) is 42.2. The normalized spacial score (nSPS) is 15.9. The largest absolute Gasteiger partial charge is 0.486 e. The minimum absolute atomic E-state index is 0.207. The zero-order chi connectivity index (χ0) is 49.1. The first-order valence-corrected chi connectivity index (χ1v) is 24.8. The summed E-state index contributed by atoms with van der Waals surface area (Å²) in [4.78, 5) is 14.6. The molecule has 0 amide bonds. The average molecular weight is 937 g/mol. The lowest BCUT2D eigenvalue weighted by atomic mass is 9.85. The van der Waals surface area contributed by atoms with Gasteiger partial charge in [-0.3, -0.25) is 4.79 Å². The Morgan fingerprint density at radius 3 is 1.27 bits per heavy atom. The van der Waals surface area contributed by atoms with Crippen LogP contribution in [0.5, 0.6) is 11.5 Å². The maximum atomic E-state index is 14.6. The third-order valence-electron chi connectivity index (χ3n) is 14.3. The van der Waals surface area contributed by atoms with Gasteiger partial charge in [0.05, 0.1) is 0 Å². The number of nitrogens with zero attached hydrogens (tertiary/aromatic N) is 2. The number of carbonyl (C=O) groups excluding carboxylic acids is 1.